The molecule has 0 heterocycles. The second-order valence-corrected chi connectivity index (χ2v) is 3.55. The van der Waals surface area contributed by atoms with Crippen LogP contribution in [0.2, 0.25) is 0 Å². The first kappa shape index (κ1) is 11.4. The number of nitrogens with one attached hydrogen (secondary N) is 2. The molecule has 0 aromatic heterocycles. The molecule has 0 radical (unpaired) electrons. The number of likely N-dealkylation sites (N-methyl/N-ethyl adjacent to an activating group) is 1. The Morgan fingerprint density at radius 1 is 1.47 bits per heavy atom. The molecular formula is C11H17N3O. The van der Waals surface area contributed by atoms with Gasteiger partial charge in [-0.1, -0.05) is 0 Å². The number of benzene rings is 1. The molecule has 0 saturated carbocycles. The van der Waals surface area contributed by atoms with E-state index in [2.05, 4.69) is 10.6 Å². The Kier molecular flexibility index (Phi) is 3.55. The standard InChI is InChI=1S/C11H17N3O/c1-7-6-9(12)4-5-10(7)14-8(2)11(15)13-3/h4-6,8,14H,12H2,1-3H3,(H,13,15). The van der Waals surface area contributed by atoms with Gasteiger partial charge in [-0.2, -0.15) is 0 Å². The van der Waals surface area contributed by atoms with Crippen molar-refractivity contribution in [3.8, 4) is 0 Å². The Labute approximate surface area is 89.9 Å². The Morgan fingerprint density at radius 3 is 2.67 bits per heavy atom. The van der Waals surface area contributed by atoms with Crippen molar-refractivity contribution >= 4 is 17.3 Å². The summed E-state index contributed by atoms with van der Waals surface area (Å²) >= 11 is 0. The van der Waals surface area contributed by atoms with Crippen molar-refractivity contribution in [2.24, 2.45) is 0 Å². The Balaban J connectivity index is 2.76. The van der Waals surface area contributed by atoms with Crippen LogP contribution >= 0.6 is 0 Å². The van der Waals surface area contributed by atoms with Gasteiger partial charge in [-0.05, 0) is 37.6 Å². The minimum Gasteiger partial charge on any atom is -0.399 e. The van der Waals surface area contributed by atoms with Crippen LogP contribution in [-0.2, 0) is 4.79 Å². The molecule has 1 atom stereocenters. The highest BCUT2D eigenvalue weighted by atomic mass is 16.2. The number of carbonyl (C=O) groups excluding carboxylic acids is 1. The van der Waals surface area contributed by atoms with Gasteiger partial charge < -0.3 is 16.4 Å². The highest BCUT2D eigenvalue weighted by Crippen LogP contribution is 2.18. The predicted octanol–water partition coefficient (Wildman–Crippen LogP) is 1.12. The fourth-order valence-electron chi connectivity index (χ4n) is 1.36. The van der Waals surface area contributed by atoms with E-state index < -0.39 is 0 Å². The fourth-order valence-corrected chi connectivity index (χ4v) is 1.36. The summed E-state index contributed by atoms with van der Waals surface area (Å²) in [5.74, 6) is -0.0359. The van der Waals surface area contributed by atoms with Gasteiger partial charge in [-0.15, -0.1) is 0 Å². The summed E-state index contributed by atoms with van der Waals surface area (Å²) in [5, 5.41) is 5.71. The third-order valence-electron chi connectivity index (χ3n) is 2.26. The molecule has 4 nitrogen and oxygen atoms in total. The molecule has 1 unspecified atom stereocenters. The topological polar surface area (TPSA) is 67.2 Å². The van der Waals surface area contributed by atoms with Gasteiger partial charge in [-0.25, -0.2) is 0 Å². The number of aryl methyl sites for hydroxylation is 1. The first-order valence-electron chi connectivity index (χ1n) is 4.89. The molecule has 1 aromatic rings. The van der Waals surface area contributed by atoms with Gasteiger partial charge >= 0.3 is 0 Å². The summed E-state index contributed by atoms with van der Waals surface area (Å²) in [6, 6.07) is 5.31. The molecule has 0 fully saturated rings. The van der Waals surface area contributed by atoms with Crippen LogP contribution in [0.15, 0.2) is 18.2 Å². The van der Waals surface area contributed by atoms with Gasteiger partial charge in [0, 0.05) is 18.4 Å². The van der Waals surface area contributed by atoms with E-state index in [1.165, 1.54) is 0 Å². The van der Waals surface area contributed by atoms with Gasteiger partial charge in [0.15, 0.2) is 0 Å². The molecule has 0 spiro atoms. The van der Waals surface area contributed by atoms with Gasteiger partial charge in [0.2, 0.25) is 5.91 Å². The van der Waals surface area contributed by atoms with Crippen molar-refractivity contribution in [1.29, 1.82) is 0 Å². The van der Waals surface area contributed by atoms with E-state index in [1.807, 2.05) is 32.0 Å². The summed E-state index contributed by atoms with van der Waals surface area (Å²) in [6.07, 6.45) is 0. The van der Waals surface area contributed by atoms with Gasteiger partial charge in [-0.3, -0.25) is 4.79 Å². The minimum atomic E-state index is -0.252. The maximum Gasteiger partial charge on any atom is 0.241 e. The van der Waals surface area contributed by atoms with Crippen LogP contribution in [0.4, 0.5) is 11.4 Å². The average Bonchev–Trinajstić information content (AvgIpc) is 2.20. The molecule has 1 amide bonds. The lowest BCUT2D eigenvalue weighted by atomic mass is 10.1. The van der Waals surface area contributed by atoms with Crippen LogP contribution in [-0.4, -0.2) is 19.0 Å². The molecule has 0 saturated heterocycles. The van der Waals surface area contributed by atoms with Crippen molar-refractivity contribution in [2.45, 2.75) is 19.9 Å². The third-order valence-corrected chi connectivity index (χ3v) is 2.26. The van der Waals surface area contributed by atoms with Gasteiger partial charge in [0.25, 0.3) is 0 Å². The number of rotatable bonds is 3. The monoisotopic (exact) mass is 207 g/mol. The summed E-state index contributed by atoms with van der Waals surface area (Å²) in [4.78, 5) is 11.3. The first-order valence-corrected chi connectivity index (χ1v) is 4.89. The van der Waals surface area contributed by atoms with Crippen molar-refractivity contribution in [1.82, 2.24) is 5.32 Å². The number of nitrogens with two attached hydrogens (primary N) is 1. The van der Waals surface area contributed by atoms with Crippen molar-refractivity contribution in [3.63, 3.8) is 0 Å². The number of carbonyl (C=O) groups is 1. The quantitative estimate of drug-likeness (QED) is 0.651. The number of anilines is 2. The largest absolute Gasteiger partial charge is 0.399 e. The second kappa shape index (κ2) is 4.68. The van der Waals surface area contributed by atoms with Crippen LogP contribution in [0, 0.1) is 6.92 Å². The van der Waals surface area contributed by atoms with Crippen LogP contribution in [0.5, 0.6) is 0 Å². The highest BCUT2D eigenvalue weighted by Gasteiger charge is 2.11. The van der Waals surface area contributed by atoms with Crippen molar-refractivity contribution < 1.29 is 4.79 Å². The molecule has 82 valence electrons. The molecule has 4 heteroatoms. The van der Waals surface area contributed by atoms with E-state index in [4.69, 9.17) is 5.73 Å². The Hall–Kier alpha value is -1.71. The molecule has 0 aliphatic carbocycles. The second-order valence-electron chi connectivity index (χ2n) is 3.55. The van der Waals surface area contributed by atoms with Crippen LogP contribution in [0.25, 0.3) is 0 Å². The zero-order valence-electron chi connectivity index (χ0n) is 9.29. The smallest absolute Gasteiger partial charge is 0.241 e. The molecular weight excluding hydrogens is 190 g/mol. The van der Waals surface area contributed by atoms with Crippen LogP contribution in [0.1, 0.15) is 12.5 Å². The Morgan fingerprint density at radius 2 is 2.13 bits per heavy atom. The number of hydrogen-bond donors (Lipinski definition) is 3. The maximum absolute atomic E-state index is 11.3. The predicted molar refractivity (Wildman–Crippen MR) is 62.7 cm³/mol. The molecule has 4 N–H and O–H groups in total. The lowest BCUT2D eigenvalue weighted by Gasteiger charge is -2.15. The van der Waals surface area contributed by atoms with Crippen LogP contribution in [0.3, 0.4) is 0 Å². The normalized spacial score (nSPS) is 11.9. The summed E-state index contributed by atoms with van der Waals surface area (Å²) in [5.41, 5.74) is 8.33. The van der Waals surface area contributed by atoms with E-state index in [-0.39, 0.29) is 11.9 Å². The molecule has 0 bridgehead atoms. The summed E-state index contributed by atoms with van der Waals surface area (Å²) in [6.45, 7) is 3.77. The van der Waals surface area contributed by atoms with Crippen molar-refractivity contribution in [2.75, 3.05) is 18.1 Å². The third kappa shape index (κ3) is 2.87. The van der Waals surface area contributed by atoms with E-state index in [0.29, 0.717) is 0 Å². The summed E-state index contributed by atoms with van der Waals surface area (Å²) < 4.78 is 0. The molecule has 0 aliphatic rings. The molecule has 15 heavy (non-hydrogen) atoms. The highest BCUT2D eigenvalue weighted by molar-refractivity contribution is 5.84. The number of amides is 1. The van der Waals surface area contributed by atoms with Crippen molar-refractivity contribution in [3.05, 3.63) is 23.8 Å². The first-order chi connectivity index (χ1) is 7.04. The van der Waals surface area contributed by atoms with Gasteiger partial charge in [0.05, 0.1) is 0 Å². The lowest BCUT2D eigenvalue weighted by Crippen LogP contribution is -2.35. The van der Waals surface area contributed by atoms with Crippen LogP contribution < -0.4 is 16.4 Å². The molecule has 1 rings (SSSR count). The molecule has 0 aliphatic heterocycles. The lowest BCUT2D eigenvalue weighted by molar-refractivity contribution is -0.121. The Bertz CT molecular complexity index is 363. The summed E-state index contributed by atoms with van der Waals surface area (Å²) in [7, 11) is 1.62. The molecule has 1 aromatic carbocycles. The zero-order valence-corrected chi connectivity index (χ0v) is 9.29. The van der Waals surface area contributed by atoms with E-state index in [0.717, 1.165) is 16.9 Å². The SMILES string of the molecule is CNC(=O)C(C)Nc1ccc(N)cc1C. The average molecular weight is 207 g/mol. The number of nitrogen functional groups attached to an aromatic ring is 1. The van der Waals surface area contributed by atoms with E-state index >= 15 is 0 Å². The zero-order chi connectivity index (χ0) is 11.4. The fraction of sp³-hybridized carbons (Fsp3) is 0.364. The minimum absolute atomic E-state index is 0.0359. The number of hydrogen-bond acceptors (Lipinski definition) is 3. The van der Waals surface area contributed by atoms with E-state index in [1.54, 1.807) is 7.05 Å². The van der Waals surface area contributed by atoms with E-state index in [9.17, 15) is 4.79 Å². The maximum atomic E-state index is 11.3. The van der Waals surface area contributed by atoms with Gasteiger partial charge in [0.1, 0.15) is 6.04 Å².